The van der Waals surface area contributed by atoms with Crippen LogP contribution in [0, 0.1) is 19.8 Å². The van der Waals surface area contributed by atoms with Gasteiger partial charge in [-0.2, -0.15) is 4.98 Å². The van der Waals surface area contributed by atoms with Crippen LogP contribution in [0.25, 0.3) is 5.78 Å². The maximum atomic E-state index is 12.7. The summed E-state index contributed by atoms with van der Waals surface area (Å²) >= 11 is 0. The van der Waals surface area contributed by atoms with Gasteiger partial charge in [0, 0.05) is 24.5 Å². The average molecular weight is 301 g/mol. The fraction of sp³-hybridized carbons (Fsp3) is 0.625. The molecule has 0 bridgehead atoms. The molecule has 0 aromatic carbocycles. The number of aryl methyl sites for hydroxylation is 2. The molecule has 1 fully saturated rings. The van der Waals surface area contributed by atoms with E-state index in [2.05, 4.69) is 22.0 Å². The van der Waals surface area contributed by atoms with Crippen LogP contribution in [-0.2, 0) is 0 Å². The second kappa shape index (κ2) is 5.66. The quantitative estimate of drug-likeness (QED) is 0.854. The lowest BCUT2D eigenvalue weighted by Crippen LogP contribution is -2.39. The molecule has 1 aliphatic rings. The molecule has 118 valence electrons. The molecule has 1 amide bonds. The molecule has 0 spiro atoms. The Balaban J connectivity index is 1.84. The summed E-state index contributed by atoms with van der Waals surface area (Å²) in [5, 5.41) is 4.34. The van der Waals surface area contributed by atoms with Crippen molar-refractivity contribution >= 4 is 11.7 Å². The van der Waals surface area contributed by atoms with Gasteiger partial charge in [0.15, 0.2) is 0 Å². The van der Waals surface area contributed by atoms with E-state index in [-0.39, 0.29) is 11.7 Å². The predicted molar refractivity (Wildman–Crippen MR) is 83.8 cm³/mol. The topological polar surface area (TPSA) is 63.4 Å². The first-order chi connectivity index (χ1) is 10.5. The van der Waals surface area contributed by atoms with E-state index >= 15 is 0 Å². The van der Waals surface area contributed by atoms with Crippen LogP contribution < -0.4 is 0 Å². The lowest BCUT2D eigenvalue weighted by Gasteiger charge is -2.32. The molecular formula is C16H23N5O. The molecule has 6 heteroatoms. The zero-order valence-corrected chi connectivity index (χ0v) is 13.7. The summed E-state index contributed by atoms with van der Waals surface area (Å²) in [7, 11) is 1.86. The van der Waals surface area contributed by atoms with Crippen LogP contribution in [0.2, 0.25) is 0 Å². The standard InChI is InChI=1S/C16H23N5O/c1-10-5-7-13(8-6-10)20(4)15(22)14-18-16-17-11(2)9-12(3)21(16)19-14/h9-10,13H,5-8H2,1-4H3. The van der Waals surface area contributed by atoms with Crippen molar-refractivity contribution in [2.45, 2.75) is 52.5 Å². The smallest absolute Gasteiger partial charge is 0.293 e. The molecule has 6 nitrogen and oxygen atoms in total. The van der Waals surface area contributed by atoms with Gasteiger partial charge in [-0.05, 0) is 51.5 Å². The first-order valence-electron chi connectivity index (χ1n) is 7.94. The lowest BCUT2D eigenvalue weighted by atomic mass is 9.87. The Morgan fingerprint density at radius 1 is 1.23 bits per heavy atom. The monoisotopic (exact) mass is 301 g/mol. The molecule has 0 N–H and O–H groups in total. The molecule has 2 aromatic rings. The second-order valence-corrected chi connectivity index (χ2v) is 6.52. The van der Waals surface area contributed by atoms with E-state index < -0.39 is 0 Å². The van der Waals surface area contributed by atoms with Crippen LogP contribution in [0.3, 0.4) is 0 Å². The average Bonchev–Trinajstić information content (AvgIpc) is 2.90. The Bertz CT molecular complexity index is 700. The van der Waals surface area contributed by atoms with Crippen molar-refractivity contribution in [1.82, 2.24) is 24.5 Å². The Morgan fingerprint density at radius 3 is 2.59 bits per heavy atom. The summed E-state index contributed by atoms with van der Waals surface area (Å²) in [4.78, 5) is 23.1. The molecule has 22 heavy (non-hydrogen) atoms. The van der Waals surface area contributed by atoms with Crippen molar-refractivity contribution in [3.8, 4) is 0 Å². The van der Waals surface area contributed by atoms with E-state index in [0.717, 1.165) is 30.1 Å². The van der Waals surface area contributed by atoms with Crippen molar-refractivity contribution in [2.24, 2.45) is 5.92 Å². The molecule has 2 heterocycles. The van der Waals surface area contributed by atoms with E-state index in [4.69, 9.17) is 0 Å². The van der Waals surface area contributed by atoms with Crippen LogP contribution >= 0.6 is 0 Å². The van der Waals surface area contributed by atoms with Crippen LogP contribution in [0.15, 0.2) is 6.07 Å². The number of hydrogen-bond acceptors (Lipinski definition) is 4. The van der Waals surface area contributed by atoms with Gasteiger partial charge < -0.3 is 4.90 Å². The third kappa shape index (κ3) is 2.69. The van der Waals surface area contributed by atoms with Gasteiger partial charge in [-0.3, -0.25) is 4.79 Å². The molecule has 0 saturated heterocycles. The minimum Gasteiger partial charge on any atom is -0.336 e. The van der Waals surface area contributed by atoms with Crippen molar-refractivity contribution < 1.29 is 4.79 Å². The van der Waals surface area contributed by atoms with E-state index in [9.17, 15) is 4.79 Å². The van der Waals surface area contributed by atoms with E-state index in [1.807, 2.05) is 31.9 Å². The van der Waals surface area contributed by atoms with Crippen LogP contribution in [0.5, 0.6) is 0 Å². The largest absolute Gasteiger partial charge is 0.336 e. The predicted octanol–water partition coefficient (Wildman–Crippen LogP) is 2.39. The molecule has 0 atom stereocenters. The van der Waals surface area contributed by atoms with Gasteiger partial charge in [-0.15, -0.1) is 5.10 Å². The molecule has 3 rings (SSSR count). The van der Waals surface area contributed by atoms with Gasteiger partial charge in [0.1, 0.15) is 0 Å². The van der Waals surface area contributed by atoms with Gasteiger partial charge >= 0.3 is 0 Å². The number of rotatable bonds is 2. The minimum atomic E-state index is -0.109. The van der Waals surface area contributed by atoms with E-state index in [1.54, 1.807) is 4.52 Å². The highest BCUT2D eigenvalue weighted by molar-refractivity contribution is 5.90. The first kappa shape index (κ1) is 14.9. The molecule has 1 saturated carbocycles. The van der Waals surface area contributed by atoms with Crippen molar-refractivity contribution in [3.63, 3.8) is 0 Å². The Labute approximate surface area is 130 Å². The molecule has 0 radical (unpaired) electrons. The minimum absolute atomic E-state index is 0.109. The fourth-order valence-corrected chi connectivity index (χ4v) is 3.21. The van der Waals surface area contributed by atoms with Gasteiger partial charge in [0.05, 0.1) is 0 Å². The zero-order valence-electron chi connectivity index (χ0n) is 13.7. The normalized spacial score (nSPS) is 22.0. The Morgan fingerprint density at radius 2 is 1.91 bits per heavy atom. The van der Waals surface area contributed by atoms with Crippen molar-refractivity contribution in [1.29, 1.82) is 0 Å². The van der Waals surface area contributed by atoms with Crippen molar-refractivity contribution in [2.75, 3.05) is 7.05 Å². The number of carbonyl (C=O) groups is 1. The van der Waals surface area contributed by atoms with E-state index in [1.165, 1.54) is 12.8 Å². The van der Waals surface area contributed by atoms with Gasteiger partial charge in [-0.25, -0.2) is 9.50 Å². The first-order valence-corrected chi connectivity index (χ1v) is 7.94. The maximum absolute atomic E-state index is 12.7. The van der Waals surface area contributed by atoms with Gasteiger partial charge in [0.25, 0.3) is 11.7 Å². The summed E-state index contributed by atoms with van der Waals surface area (Å²) in [6.07, 6.45) is 4.49. The number of nitrogens with zero attached hydrogens (tertiary/aromatic N) is 5. The summed E-state index contributed by atoms with van der Waals surface area (Å²) < 4.78 is 1.64. The van der Waals surface area contributed by atoms with Gasteiger partial charge in [0.2, 0.25) is 5.82 Å². The number of fused-ring (bicyclic) bond motifs is 1. The highest BCUT2D eigenvalue weighted by Gasteiger charge is 2.27. The summed E-state index contributed by atoms with van der Waals surface area (Å²) in [6.45, 7) is 6.13. The zero-order chi connectivity index (χ0) is 15.9. The SMILES string of the molecule is Cc1cc(C)n2nc(C(=O)N(C)C3CCC(C)CC3)nc2n1. The molecule has 1 aliphatic carbocycles. The van der Waals surface area contributed by atoms with Gasteiger partial charge in [-0.1, -0.05) is 6.92 Å². The Hall–Kier alpha value is -1.98. The molecule has 0 aliphatic heterocycles. The Kier molecular flexibility index (Phi) is 3.85. The third-order valence-electron chi connectivity index (χ3n) is 4.66. The summed E-state index contributed by atoms with van der Waals surface area (Å²) in [5.74, 6) is 1.39. The number of aromatic nitrogens is 4. The lowest BCUT2D eigenvalue weighted by molar-refractivity contribution is 0.0667. The third-order valence-corrected chi connectivity index (χ3v) is 4.66. The second-order valence-electron chi connectivity index (χ2n) is 6.52. The van der Waals surface area contributed by atoms with Crippen LogP contribution in [0.1, 0.15) is 54.6 Å². The number of hydrogen-bond donors (Lipinski definition) is 0. The number of carbonyl (C=O) groups excluding carboxylic acids is 1. The van der Waals surface area contributed by atoms with E-state index in [0.29, 0.717) is 11.8 Å². The fourth-order valence-electron chi connectivity index (χ4n) is 3.21. The molecular weight excluding hydrogens is 278 g/mol. The molecule has 2 aromatic heterocycles. The number of amides is 1. The highest BCUT2D eigenvalue weighted by Crippen LogP contribution is 2.27. The molecule has 0 unspecified atom stereocenters. The van der Waals surface area contributed by atoms with Crippen molar-refractivity contribution in [3.05, 3.63) is 23.3 Å². The maximum Gasteiger partial charge on any atom is 0.293 e. The summed E-state index contributed by atoms with van der Waals surface area (Å²) in [5.41, 5.74) is 1.81. The highest BCUT2D eigenvalue weighted by atomic mass is 16.2. The van der Waals surface area contributed by atoms with Crippen LogP contribution in [-0.4, -0.2) is 43.5 Å². The summed E-state index contributed by atoms with van der Waals surface area (Å²) in [6, 6.07) is 2.23. The van der Waals surface area contributed by atoms with Crippen LogP contribution in [0.4, 0.5) is 0 Å².